The van der Waals surface area contributed by atoms with E-state index < -0.39 is 5.97 Å². The lowest BCUT2D eigenvalue weighted by Gasteiger charge is -2.33. The Bertz CT molecular complexity index is 870. The van der Waals surface area contributed by atoms with Gasteiger partial charge in [-0.3, -0.25) is 4.79 Å². The molecular formula is C22H23NO4. The van der Waals surface area contributed by atoms with E-state index in [2.05, 4.69) is 0 Å². The van der Waals surface area contributed by atoms with Gasteiger partial charge in [-0.1, -0.05) is 36.4 Å². The molecule has 2 saturated heterocycles. The van der Waals surface area contributed by atoms with Gasteiger partial charge in [0.15, 0.2) is 0 Å². The molecule has 2 fully saturated rings. The van der Waals surface area contributed by atoms with E-state index >= 15 is 0 Å². The van der Waals surface area contributed by atoms with E-state index in [1.807, 2.05) is 23.1 Å². The summed E-state index contributed by atoms with van der Waals surface area (Å²) in [5.41, 5.74) is 2.21. The molecule has 0 aromatic heterocycles. The summed E-state index contributed by atoms with van der Waals surface area (Å²) in [6.07, 6.45) is 3.01. The highest BCUT2D eigenvalue weighted by molar-refractivity contribution is 6.04. The number of carboxylic acid groups (broad SMARTS) is 1. The largest absolute Gasteiger partial charge is 0.478 e. The minimum absolute atomic E-state index is 0.0193. The van der Waals surface area contributed by atoms with Crippen LogP contribution in [0.5, 0.6) is 0 Å². The molecular weight excluding hydrogens is 342 g/mol. The van der Waals surface area contributed by atoms with Crippen LogP contribution in [0.3, 0.4) is 0 Å². The smallest absolute Gasteiger partial charge is 0.336 e. The van der Waals surface area contributed by atoms with Crippen molar-refractivity contribution in [3.8, 4) is 11.1 Å². The fraction of sp³-hybridized carbons (Fsp3) is 0.364. The van der Waals surface area contributed by atoms with Crippen LogP contribution in [0.25, 0.3) is 11.1 Å². The molecule has 2 aromatic carbocycles. The standard InChI is InChI=1S/C22H23NO4/c24-20(23-12-9-22(15-23)10-13-27-14-11-22)18-7-3-1-5-16(18)17-6-2-4-8-19(17)21(25)26/h1-8H,9-15H2,(H,25,26). The first kappa shape index (κ1) is 17.7. The molecule has 2 aliphatic heterocycles. The Hall–Kier alpha value is -2.66. The second-order valence-electron chi connectivity index (χ2n) is 7.49. The van der Waals surface area contributed by atoms with Crippen LogP contribution in [-0.2, 0) is 4.74 Å². The lowest BCUT2D eigenvalue weighted by atomic mass is 9.80. The van der Waals surface area contributed by atoms with Gasteiger partial charge in [-0.15, -0.1) is 0 Å². The van der Waals surface area contributed by atoms with Gasteiger partial charge >= 0.3 is 5.97 Å². The van der Waals surface area contributed by atoms with E-state index in [1.54, 1.807) is 30.3 Å². The number of likely N-dealkylation sites (tertiary alicyclic amines) is 1. The molecule has 1 amide bonds. The number of ether oxygens (including phenoxy) is 1. The Morgan fingerprint density at radius 1 is 0.889 bits per heavy atom. The quantitative estimate of drug-likeness (QED) is 0.901. The lowest BCUT2D eigenvalue weighted by Crippen LogP contribution is -2.35. The Morgan fingerprint density at radius 2 is 1.48 bits per heavy atom. The van der Waals surface area contributed by atoms with Crippen molar-refractivity contribution in [1.29, 1.82) is 0 Å². The highest BCUT2D eigenvalue weighted by Gasteiger charge is 2.41. The highest BCUT2D eigenvalue weighted by atomic mass is 16.5. The Kier molecular flexibility index (Phi) is 4.70. The number of carbonyl (C=O) groups excluding carboxylic acids is 1. The number of aromatic carboxylic acids is 1. The second kappa shape index (κ2) is 7.16. The Balaban J connectivity index is 1.66. The molecule has 2 aliphatic rings. The van der Waals surface area contributed by atoms with Crippen molar-refractivity contribution in [2.75, 3.05) is 26.3 Å². The van der Waals surface area contributed by atoms with Crippen molar-refractivity contribution >= 4 is 11.9 Å². The fourth-order valence-electron chi connectivity index (χ4n) is 4.30. The van der Waals surface area contributed by atoms with Crippen molar-refractivity contribution < 1.29 is 19.4 Å². The maximum atomic E-state index is 13.3. The van der Waals surface area contributed by atoms with E-state index in [9.17, 15) is 14.7 Å². The topological polar surface area (TPSA) is 66.8 Å². The van der Waals surface area contributed by atoms with E-state index in [-0.39, 0.29) is 16.9 Å². The lowest BCUT2D eigenvalue weighted by molar-refractivity contribution is 0.0191. The molecule has 27 heavy (non-hydrogen) atoms. The minimum Gasteiger partial charge on any atom is -0.478 e. The van der Waals surface area contributed by atoms with Gasteiger partial charge in [-0.05, 0) is 47.9 Å². The molecule has 0 unspecified atom stereocenters. The molecule has 1 N–H and O–H groups in total. The van der Waals surface area contributed by atoms with Gasteiger partial charge in [0.1, 0.15) is 0 Å². The van der Waals surface area contributed by atoms with E-state index in [0.717, 1.165) is 45.6 Å². The normalized spacial score (nSPS) is 18.6. The zero-order chi connectivity index (χ0) is 18.9. The first-order valence-electron chi connectivity index (χ1n) is 9.38. The molecule has 2 heterocycles. The average Bonchev–Trinajstić information content (AvgIpc) is 3.11. The first-order chi connectivity index (χ1) is 13.1. The Morgan fingerprint density at radius 3 is 2.15 bits per heavy atom. The third-order valence-electron chi connectivity index (χ3n) is 5.88. The van der Waals surface area contributed by atoms with Crippen LogP contribution in [0.1, 0.15) is 40.0 Å². The predicted molar refractivity (Wildman–Crippen MR) is 102 cm³/mol. The summed E-state index contributed by atoms with van der Waals surface area (Å²) in [6.45, 7) is 3.03. The number of carbonyl (C=O) groups is 2. The number of benzene rings is 2. The van der Waals surface area contributed by atoms with Crippen molar-refractivity contribution in [3.63, 3.8) is 0 Å². The van der Waals surface area contributed by atoms with Crippen LogP contribution < -0.4 is 0 Å². The van der Waals surface area contributed by atoms with Crippen molar-refractivity contribution in [2.24, 2.45) is 5.41 Å². The molecule has 0 atom stereocenters. The van der Waals surface area contributed by atoms with Crippen LogP contribution >= 0.6 is 0 Å². The third kappa shape index (κ3) is 3.35. The molecule has 1 spiro atoms. The maximum Gasteiger partial charge on any atom is 0.336 e. The van der Waals surface area contributed by atoms with Gasteiger partial charge in [0.2, 0.25) is 0 Å². The Labute approximate surface area is 158 Å². The van der Waals surface area contributed by atoms with Crippen LogP contribution in [-0.4, -0.2) is 48.2 Å². The zero-order valence-corrected chi connectivity index (χ0v) is 15.2. The summed E-state index contributed by atoms with van der Waals surface area (Å²) in [5, 5.41) is 9.53. The molecule has 0 aliphatic carbocycles. The molecule has 0 saturated carbocycles. The summed E-state index contributed by atoms with van der Waals surface area (Å²) in [7, 11) is 0. The maximum absolute atomic E-state index is 13.3. The molecule has 140 valence electrons. The van der Waals surface area contributed by atoms with Crippen LogP contribution in [0.4, 0.5) is 0 Å². The summed E-state index contributed by atoms with van der Waals surface area (Å²) in [4.78, 5) is 26.8. The summed E-state index contributed by atoms with van der Waals surface area (Å²) < 4.78 is 5.49. The number of amides is 1. The van der Waals surface area contributed by atoms with Gasteiger partial charge in [0.25, 0.3) is 5.91 Å². The van der Waals surface area contributed by atoms with Crippen LogP contribution in [0, 0.1) is 5.41 Å². The molecule has 5 nitrogen and oxygen atoms in total. The molecule has 0 bridgehead atoms. The highest BCUT2D eigenvalue weighted by Crippen LogP contribution is 2.40. The number of hydrogen-bond acceptors (Lipinski definition) is 3. The van der Waals surface area contributed by atoms with Gasteiger partial charge in [-0.25, -0.2) is 4.79 Å². The number of rotatable bonds is 3. The monoisotopic (exact) mass is 365 g/mol. The molecule has 2 aromatic rings. The minimum atomic E-state index is -0.991. The second-order valence-corrected chi connectivity index (χ2v) is 7.49. The van der Waals surface area contributed by atoms with Crippen LogP contribution in [0.15, 0.2) is 48.5 Å². The van der Waals surface area contributed by atoms with E-state index in [4.69, 9.17) is 4.74 Å². The van der Waals surface area contributed by atoms with Gasteiger partial charge in [0.05, 0.1) is 5.56 Å². The molecule has 0 radical (unpaired) electrons. The van der Waals surface area contributed by atoms with Crippen molar-refractivity contribution in [2.45, 2.75) is 19.3 Å². The number of nitrogens with zero attached hydrogens (tertiary/aromatic N) is 1. The van der Waals surface area contributed by atoms with Gasteiger partial charge < -0.3 is 14.7 Å². The van der Waals surface area contributed by atoms with Crippen molar-refractivity contribution in [3.05, 3.63) is 59.7 Å². The number of carboxylic acids is 1. The van der Waals surface area contributed by atoms with Gasteiger partial charge in [0, 0.05) is 31.9 Å². The summed E-state index contributed by atoms with van der Waals surface area (Å²) in [6, 6.07) is 14.1. The van der Waals surface area contributed by atoms with Crippen LogP contribution in [0.2, 0.25) is 0 Å². The molecule has 5 heteroatoms. The summed E-state index contributed by atoms with van der Waals surface area (Å²) in [5.74, 6) is -1.01. The third-order valence-corrected chi connectivity index (χ3v) is 5.88. The van der Waals surface area contributed by atoms with E-state index in [1.165, 1.54) is 0 Å². The van der Waals surface area contributed by atoms with Gasteiger partial charge in [-0.2, -0.15) is 0 Å². The van der Waals surface area contributed by atoms with Crippen molar-refractivity contribution in [1.82, 2.24) is 4.90 Å². The predicted octanol–water partition coefficient (Wildman–Crippen LogP) is 3.69. The van der Waals surface area contributed by atoms with E-state index in [0.29, 0.717) is 16.7 Å². The fourth-order valence-corrected chi connectivity index (χ4v) is 4.30. The first-order valence-corrected chi connectivity index (χ1v) is 9.38. The SMILES string of the molecule is O=C(O)c1ccccc1-c1ccccc1C(=O)N1CCC2(CCOCC2)C1. The summed E-state index contributed by atoms with van der Waals surface area (Å²) >= 11 is 0. The average molecular weight is 365 g/mol. The molecule has 4 rings (SSSR count). The number of hydrogen-bond donors (Lipinski definition) is 1. The zero-order valence-electron chi connectivity index (χ0n) is 15.2.